The van der Waals surface area contributed by atoms with Crippen LogP contribution in [0.2, 0.25) is 10.0 Å². The minimum absolute atomic E-state index is 0.0169. The number of amides is 2. The van der Waals surface area contributed by atoms with Gasteiger partial charge < -0.3 is 32.7 Å². The summed E-state index contributed by atoms with van der Waals surface area (Å²) in [4.78, 5) is 43.4. The molecule has 0 saturated carbocycles. The lowest BCUT2D eigenvalue weighted by Crippen LogP contribution is -2.39. The van der Waals surface area contributed by atoms with Gasteiger partial charge in [-0.05, 0) is 70.8 Å². The third-order valence-corrected chi connectivity index (χ3v) is 10.2. The van der Waals surface area contributed by atoms with Crippen molar-refractivity contribution in [2.45, 2.75) is 18.8 Å². The number of anilines is 2. The van der Waals surface area contributed by atoms with Gasteiger partial charge in [-0.1, -0.05) is 83.1 Å². The number of nitriles is 2. The molecule has 0 aromatic heterocycles. The van der Waals surface area contributed by atoms with Gasteiger partial charge in [-0.2, -0.15) is 10.5 Å². The zero-order valence-corrected chi connectivity index (χ0v) is 31.7. The largest absolute Gasteiger partial charge is 0.370 e. The third kappa shape index (κ3) is 10.6. The molecule has 0 fully saturated rings. The van der Waals surface area contributed by atoms with E-state index in [2.05, 4.69) is 53.4 Å². The number of guanidine groups is 2. The molecular weight excluding hydrogens is 780 g/mol. The molecule has 18 heteroatoms. The quantitative estimate of drug-likeness (QED) is 0.116. The summed E-state index contributed by atoms with van der Waals surface area (Å²) in [6, 6.07) is 28.5. The second kappa shape index (κ2) is 17.9. The van der Waals surface area contributed by atoms with E-state index in [9.17, 15) is 20.1 Å². The van der Waals surface area contributed by atoms with Gasteiger partial charge in [0.05, 0.1) is 34.8 Å². The first-order chi connectivity index (χ1) is 26.5. The first kappa shape index (κ1) is 38.7. The van der Waals surface area contributed by atoms with E-state index in [1.807, 2.05) is 0 Å². The summed E-state index contributed by atoms with van der Waals surface area (Å²) in [6.45, 7) is 0. The number of rotatable bonds is 10. The van der Waals surface area contributed by atoms with Crippen LogP contribution in [-0.4, -0.2) is 45.6 Å². The van der Waals surface area contributed by atoms with E-state index >= 15 is 0 Å². The number of hydrogen-bond acceptors (Lipinski definition) is 14. The summed E-state index contributed by atoms with van der Waals surface area (Å²) >= 11 is 14.3. The molecule has 2 aliphatic rings. The molecule has 2 unspecified atom stereocenters. The van der Waals surface area contributed by atoms with E-state index < -0.39 is 12.3 Å². The molecule has 0 aliphatic carbocycles. The van der Waals surface area contributed by atoms with Gasteiger partial charge >= 0.3 is 0 Å². The molecule has 276 valence electrons. The Morgan fingerprint density at radius 2 is 1.05 bits per heavy atom. The van der Waals surface area contributed by atoms with Crippen LogP contribution in [0.25, 0.3) is 0 Å². The molecule has 0 radical (unpaired) electrons. The summed E-state index contributed by atoms with van der Waals surface area (Å²) in [5.74, 6) is -0.249. The molecule has 4 aromatic carbocycles. The highest BCUT2D eigenvalue weighted by atomic mass is 35.5. The van der Waals surface area contributed by atoms with Crippen molar-refractivity contribution >= 4 is 92.2 Å². The average molecular weight is 810 g/mol. The highest BCUT2D eigenvalue weighted by molar-refractivity contribution is 8.14. The lowest BCUT2D eigenvalue weighted by atomic mass is 9.96. The molecule has 8 N–H and O–H groups in total. The van der Waals surface area contributed by atoms with Crippen LogP contribution in [0.15, 0.2) is 105 Å². The van der Waals surface area contributed by atoms with Gasteiger partial charge in [-0.3, -0.25) is 9.59 Å². The van der Waals surface area contributed by atoms with Gasteiger partial charge in [-0.15, -0.1) is 0 Å². The second-order valence-electron chi connectivity index (χ2n) is 11.8. The Balaban J connectivity index is 1.02. The van der Waals surface area contributed by atoms with E-state index in [1.54, 1.807) is 84.9 Å². The third-order valence-electron chi connectivity index (χ3n) is 7.90. The number of carbonyl (C=O) groups is 2. The maximum Gasteiger partial charge on any atom is 0.234 e. The Kier molecular flexibility index (Phi) is 12.6. The molecule has 4 aromatic rings. The van der Waals surface area contributed by atoms with Gasteiger partial charge in [0.2, 0.25) is 11.8 Å². The monoisotopic (exact) mass is 808 g/mol. The molecule has 6 rings (SSSR count). The van der Waals surface area contributed by atoms with Crippen molar-refractivity contribution in [1.29, 1.82) is 10.5 Å². The SMILES string of the molecule is N#Cc1cc(NC(=O)CSC2=NC(c3ccc(Cl)cc3)N=C(N)N2)ccc1Cc1ccc(NC(=O)CSC2=NC(c3ccc(Cl)cc3)N=C(N)N2)cc1C#N. The molecule has 2 amide bonds. The van der Waals surface area contributed by atoms with E-state index in [4.69, 9.17) is 34.7 Å². The summed E-state index contributed by atoms with van der Waals surface area (Å²) in [7, 11) is 0. The van der Waals surface area contributed by atoms with E-state index in [-0.39, 0.29) is 41.7 Å². The number of halogens is 2. The Hall–Kier alpha value is -6.04. The number of amidine groups is 2. The van der Waals surface area contributed by atoms with Crippen LogP contribution in [0, 0.1) is 22.7 Å². The van der Waals surface area contributed by atoms with Crippen molar-refractivity contribution < 1.29 is 9.59 Å². The highest BCUT2D eigenvalue weighted by Gasteiger charge is 2.20. The van der Waals surface area contributed by atoms with E-state index in [1.165, 1.54) is 0 Å². The molecule has 14 nitrogen and oxygen atoms in total. The van der Waals surface area contributed by atoms with Gasteiger partial charge in [-0.25, -0.2) is 20.0 Å². The molecule has 55 heavy (non-hydrogen) atoms. The van der Waals surface area contributed by atoms with Crippen molar-refractivity contribution in [2.24, 2.45) is 31.4 Å². The fourth-order valence-corrected chi connectivity index (χ4v) is 6.93. The summed E-state index contributed by atoms with van der Waals surface area (Å²) < 4.78 is 0. The van der Waals surface area contributed by atoms with Crippen molar-refractivity contribution in [3.05, 3.63) is 128 Å². The van der Waals surface area contributed by atoms with Crippen LogP contribution in [0.5, 0.6) is 0 Å². The van der Waals surface area contributed by atoms with Gasteiger partial charge in [0.15, 0.2) is 34.6 Å². The Morgan fingerprint density at radius 3 is 1.44 bits per heavy atom. The summed E-state index contributed by atoms with van der Waals surface area (Å²) in [5.41, 5.74) is 16.4. The molecule has 0 saturated heterocycles. The number of thioether (sulfide) groups is 2. The highest BCUT2D eigenvalue weighted by Crippen LogP contribution is 2.27. The molecule has 0 bridgehead atoms. The standard InChI is InChI=1S/C37H30Cl2N12O2S2/c38-26-7-1-20(2-8-26)32-46-34(42)50-36(48-32)54-18-30(52)44-28-11-5-22(24(14-28)16-40)13-23-6-12-29(15-25(23)17-41)45-31(53)19-55-37-49-33(47-35(43)51-37)21-3-9-27(39)10-4-21/h1-12,14-15,32-33H,13,18-19H2,(H,44,52)(H,45,53)(H3,42,46,48,50)(H3,43,47,49,51). The number of nitrogens with two attached hydrogens (primary N) is 2. The van der Waals surface area contributed by atoms with Crippen LogP contribution in [0.3, 0.4) is 0 Å². The Labute approximate surface area is 334 Å². The van der Waals surface area contributed by atoms with E-state index in [0.717, 1.165) is 34.7 Å². The van der Waals surface area contributed by atoms with E-state index in [0.29, 0.717) is 54.0 Å². The predicted octanol–water partition coefficient (Wildman–Crippen LogP) is 5.62. The first-order valence-electron chi connectivity index (χ1n) is 16.3. The summed E-state index contributed by atoms with van der Waals surface area (Å²) in [5, 5.41) is 33.3. The van der Waals surface area contributed by atoms with Crippen molar-refractivity contribution in [3.63, 3.8) is 0 Å². The number of nitrogens with one attached hydrogen (secondary N) is 4. The van der Waals surface area contributed by atoms with Crippen molar-refractivity contribution in [3.8, 4) is 12.1 Å². The van der Waals surface area contributed by atoms with Crippen LogP contribution in [0.1, 0.15) is 45.7 Å². The normalized spacial score (nSPS) is 16.1. The number of aliphatic imine (C=N–C) groups is 4. The van der Waals surface area contributed by atoms with Crippen LogP contribution < -0.4 is 32.7 Å². The lowest BCUT2D eigenvalue weighted by molar-refractivity contribution is -0.114. The predicted molar refractivity (Wildman–Crippen MR) is 220 cm³/mol. The molecule has 0 spiro atoms. The second-order valence-corrected chi connectivity index (χ2v) is 14.6. The minimum atomic E-state index is -0.567. The molecular formula is C37H30Cl2N12O2S2. The van der Waals surface area contributed by atoms with Crippen LogP contribution >= 0.6 is 46.7 Å². The Bertz CT molecular complexity index is 2170. The van der Waals surface area contributed by atoms with Gasteiger partial charge in [0.25, 0.3) is 0 Å². The lowest BCUT2D eigenvalue weighted by Gasteiger charge is -2.19. The number of carbonyl (C=O) groups excluding carboxylic acids is 2. The minimum Gasteiger partial charge on any atom is -0.370 e. The van der Waals surface area contributed by atoms with Gasteiger partial charge in [0, 0.05) is 27.8 Å². The Morgan fingerprint density at radius 1 is 0.655 bits per heavy atom. The number of nitrogens with zero attached hydrogens (tertiary/aromatic N) is 6. The first-order valence-corrected chi connectivity index (χ1v) is 19.1. The fourth-order valence-electron chi connectivity index (χ4n) is 5.30. The smallest absolute Gasteiger partial charge is 0.234 e. The molecule has 2 aliphatic heterocycles. The molecule has 2 atom stereocenters. The molecule has 2 heterocycles. The summed E-state index contributed by atoms with van der Waals surface area (Å²) in [6.07, 6.45) is -0.863. The fraction of sp³-hybridized carbons (Fsp3) is 0.135. The average Bonchev–Trinajstić information content (AvgIpc) is 3.17. The number of benzene rings is 4. The van der Waals surface area contributed by atoms with Crippen molar-refractivity contribution in [2.75, 3.05) is 22.1 Å². The van der Waals surface area contributed by atoms with Crippen LogP contribution in [0.4, 0.5) is 11.4 Å². The van der Waals surface area contributed by atoms with Crippen LogP contribution in [-0.2, 0) is 16.0 Å². The topological polar surface area (TPSA) is 231 Å². The zero-order valence-electron chi connectivity index (χ0n) is 28.6. The number of hydrogen-bond donors (Lipinski definition) is 6. The van der Waals surface area contributed by atoms with Crippen molar-refractivity contribution in [1.82, 2.24) is 10.6 Å². The zero-order chi connectivity index (χ0) is 38.9. The van der Waals surface area contributed by atoms with Gasteiger partial charge in [0.1, 0.15) is 0 Å². The maximum absolute atomic E-state index is 12.8. The maximum atomic E-state index is 12.8.